The van der Waals surface area contributed by atoms with E-state index in [0.717, 1.165) is 4.90 Å². The summed E-state index contributed by atoms with van der Waals surface area (Å²) in [5.74, 6) is -0.543. The highest BCUT2D eigenvalue weighted by Crippen LogP contribution is 2.29. The molecule has 110 valence electrons. The van der Waals surface area contributed by atoms with Gasteiger partial charge < -0.3 is 10.2 Å². The maximum atomic E-state index is 11.5. The molecule has 22 heavy (non-hydrogen) atoms. The molecule has 2 aromatic rings. The molecule has 3 amide bonds. The molecule has 1 aromatic heterocycles. The minimum atomic E-state index is -1.02. The minimum Gasteiger partial charge on any atom is -0.450 e. The van der Waals surface area contributed by atoms with Crippen molar-refractivity contribution in [2.45, 2.75) is 9.99 Å². The van der Waals surface area contributed by atoms with Gasteiger partial charge in [-0.25, -0.2) is 4.79 Å². The van der Waals surface area contributed by atoms with Crippen LogP contribution in [0, 0.1) is 11.3 Å². The molecule has 0 aliphatic rings. The number of hydrogen-bond donors (Lipinski definition) is 2. The van der Waals surface area contributed by atoms with Gasteiger partial charge in [-0.2, -0.15) is 5.26 Å². The molecule has 0 saturated heterocycles. The van der Waals surface area contributed by atoms with E-state index in [1.807, 2.05) is 35.6 Å². The molecule has 0 aliphatic carbocycles. The molecule has 0 atom stereocenters. The van der Waals surface area contributed by atoms with Crippen molar-refractivity contribution in [3.63, 3.8) is 0 Å². The summed E-state index contributed by atoms with van der Waals surface area (Å²) in [6, 6.07) is 13.6. The molecule has 0 radical (unpaired) electrons. The van der Waals surface area contributed by atoms with Crippen molar-refractivity contribution in [1.82, 2.24) is 5.32 Å². The molecule has 0 saturated carbocycles. The number of hydrogen-bond acceptors (Lipinski definition) is 5. The Bertz CT molecular complexity index is 760. The van der Waals surface area contributed by atoms with Crippen molar-refractivity contribution >= 4 is 29.8 Å². The third kappa shape index (κ3) is 4.26. The molecular weight excluding hydrogens is 302 g/mol. The number of rotatable bonds is 4. The topological polar surface area (TPSA) is 109 Å². The summed E-state index contributed by atoms with van der Waals surface area (Å²) in [7, 11) is 0. The van der Waals surface area contributed by atoms with E-state index in [4.69, 9.17) is 15.4 Å². The zero-order valence-corrected chi connectivity index (χ0v) is 12.1. The Balaban J connectivity index is 2.13. The van der Waals surface area contributed by atoms with Gasteiger partial charge in [0.25, 0.3) is 5.91 Å². The third-order valence-corrected chi connectivity index (χ3v) is 3.38. The van der Waals surface area contributed by atoms with Gasteiger partial charge in [-0.3, -0.25) is 10.1 Å². The number of carbonyl (C=O) groups is 2. The Kier molecular flexibility index (Phi) is 5.01. The SMILES string of the molecule is N#C/C(=C/c1ccc(Sc2ccccc2)o1)C(=O)NC(N)=O. The predicted molar refractivity (Wildman–Crippen MR) is 80.6 cm³/mol. The standard InChI is InChI=1S/C15H11N3O3S/c16-9-10(14(19)18-15(17)20)8-11-6-7-13(21-11)22-12-4-2-1-3-5-12/h1-8H,(H3,17,18,19,20)/b10-8-. The summed E-state index contributed by atoms with van der Waals surface area (Å²) in [4.78, 5) is 23.2. The Labute approximate surface area is 130 Å². The summed E-state index contributed by atoms with van der Waals surface area (Å²) >= 11 is 1.41. The maximum absolute atomic E-state index is 11.5. The maximum Gasteiger partial charge on any atom is 0.319 e. The highest BCUT2D eigenvalue weighted by atomic mass is 32.2. The number of nitriles is 1. The van der Waals surface area contributed by atoms with Crippen molar-refractivity contribution in [1.29, 1.82) is 5.26 Å². The van der Waals surface area contributed by atoms with Gasteiger partial charge in [0.05, 0.1) is 0 Å². The van der Waals surface area contributed by atoms with Crippen LogP contribution in [0.4, 0.5) is 4.79 Å². The summed E-state index contributed by atoms with van der Waals surface area (Å²) in [5, 5.41) is 11.4. The number of imide groups is 1. The largest absolute Gasteiger partial charge is 0.450 e. The van der Waals surface area contributed by atoms with Gasteiger partial charge in [0.1, 0.15) is 17.4 Å². The average Bonchev–Trinajstić information content (AvgIpc) is 2.92. The first kappa shape index (κ1) is 15.4. The van der Waals surface area contributed by atoms with Crippen molar-refractivity contribution < 1.29 is 14.0 Å². The fraction of sp³-hybridized carbons (Fsp3) is 0. The van der Waals surface area contributed by atoms with Crippen LogP contribution in [-0.2, 0) is 4.79 Å². The number of amides is 3. The Morgan fingerprint density at radius 3 is 2.59 bits per heavy atom. The highest BCUT2D eigenvalue weighted by molar-refractivity contribution is 7.99. The highest BCUT2D eigenvalue weighted by Gasteiger charge is 2.12. The minimum absolute atomic E-state index is 0.274. The van der Waals surface area contributed by atoms with Crippen molar-refractivity contribution in [3.8, 4) is 6.07 Å². The van der Waals surface area contributed by atoms with E-state index >= 15 is 0 Å². The molecule has 0 spiro atoms. The molecule has 3 N–H and O–H groups in total. The number of furan rings is 1. The van der Waals surface area contributed by atoms with Gasteiger partial charge in [-0.15, -0.1) is 0 Å². The van der Waals surface area contributed by atoms with E-state index in [0.29, 0.717) is 10.9 Å². The first-order valence-corrected chi connectivity index (χ1v) is 6.95. The number of carbonyl (C=O) groups excluding carboxylic acids is 2. The van der Waals surface area contributed by atoms with E-state index < -0.39 is 11.9 Å². The Hall–Kier alpha value is -2.98. The lowest BCUT2D eigenvalue weighted by atomic mass is 10.2. The van der Waals surface area contributed by atoms with Crippen LogP contribution in [0.5, 0.6) is 0 Å². The Morgan fingerprint density at radius 2 is 1.95 bits per heavy atom. The van der Waals surface area contributed by atoms with Crippen molar-refractivity contribution in [3.05, 3.63) is 53.8 Å². The fourth-order valence-corrected chi connectivity index (χ4v) is 2.34. The van der Waals surface area contributed by atoms with E-state index in [-0.39, 0.29) is 5.57 Å². The van der Waals surface area contributed by atoms with Gasteiger partial charge in [0.2, 0.25) is 0 Å². The fourth-order valence-electron chi connectivity index (χ4n) is 1.54. The van der Waals surface area contributed by atoms with Crippen molar-refractivity contribution in [2.75, 3.05) is 0 Å². The van der Waals surface area contributed by atoms with Crippen LogP contribution >= 0.6 is 11.8 Å². The monoisotopic (exact) mass is 313 g/mol. The van der Waals surface area contributed by atoms with Gasteiger partial charge in [0.15, 0.2) is 5.09 Å². The number of nitrogens with zero attached hydrogens (tertiary/aromatic N) is 1. The molecule has 0 fully saturated rings. The summed E-state index contributed by atoms with van der Waals surface area (Å²) < 4.78 is 5.51. The first-order valence-electron chi connectivity index (χ1n) is 6.14. The normalized spacial score (nSPS) is 10.8. The third-order valence-electron chi connectivity index (χ3n) is 2.45. The van der Waals surface area contributed by atoms with Crippen LogP contribution in [-0.4, -0.2) is 11.9 Å². The second-order valence-corrected chi connectivity index (χ2v) is 5.14. The van der Waals surface area contributed by atoms with Crippen molar-refractivity contribution in [2.24, 2.45) is 5.73 Å². The molecule has 2 rings (SSSR count). The number of nitrogens with two attached hydrogens (primary N) is 1. The summed E-state index contributed by atoms with van der Waals surface area (Å²) in [6.45, 7) is 0. The summed E-state index contributed by atoms with van der Waals surface area (Å²) in [6.07, 6.45) is 1.24. The van der Waals surface area contributed by atoms with Crippen LogP contribution in [0.3, 0.4) is 0 Å². The van der Waals surface area contributed by atoms with Crippen LogP contribution < -0.4 is 11.1 Å². The van der Waals surface area contributed by atoms with Gasteiger partial charge in [0, 0.05) is 11.0 Å². The quantitative estimate of drug-likeness (QED) is 0.666. The molecule has 6 nitrogen and oxygen atoms in total. The van der Waals surface area contributed by atoms with E-state index in [1.165, 1.54) is 17.8 Å². The number of nitrogens with one attached hydrogen (secondary N) is 1. The number of benzene rings is 1. The molecule has 0 unspecified atom stereocenters. The lowest BCUT2D eigenvalue weighted by Gasteiger charge is -1.98. The van der Waals surface area contributed by atoms with Crippen LogP contribution in [0.25, 0.3) is 6.08 Å². The lowest BCUT2D eigenvalue weighted by molar-refractivity contribution is -0.115. The zero-order valence-electron chi connectivity index (χ0n) is 11.3. The Morgan fingerprint density at radius 1 is 1.23 bits per heavy atom. The van der Waals surface area contributed by atoms with E-state index in [1.54, 1.807) is 18.2 Å². The van der Waals surface area contributed by atoms with E-state index in [2.05, 4.69) is 0 Å². The average molecular weight is 313 g/mol. The van der Waals surface area contributed by atoms with Crippen LogP contribution in [0.15, 0.2) is 62.4 Å². The van der Waals surface area contributed by atoms with Crippen LogP contribution in [0.1, 0.15) is 5.76 Å². The molecule has 0 aliphatic heterocycles. The summed E-state index contributed by atoms with van der Waals surface area (Å²) in [5.41, 5.74) is 4.56. The molecule has 7 heteroatoms. The van der Waals surface area contributed by atoms with E-state index in [9.17, 15) is 9.59 Å². The van der Waals surface area contributed by atoms with Gasteiger partial charge in [-0.05, 0) is 24.3 Å². The molecule has 0 bridgehead atoms. The lowest BCUT2D eigenvalue weighted by Crippen LogP contribution is -2.35. The van der Waals surface area contributed by atoms with Gasteiger partial charge >= 0.3 is 6.03 Å². The molecular formula is C15H11N3O3S. The first-order chi connectivity index (χ1) is 10.6. The van der Waals surface area contributed by atoms with Crippen LogP contribution in [0.2, 0.25) is 0 Å². The number of primary amides is 1. The van der Waals surface area contributed by atoms with Gasteiger partial charge in [-0.1, -0.05) is 30.0 Å². The smallest absolute Gasteiger partial charge is 0.319 e. The number of urea groups is 1. The second-order valence-electron chi connectivity index (χ2n) is 4.06. The second kappa shape index (κ2) is 7.15. The molecule has 1 heterocycles. The zero-order chi connectivity index (χ0) is 15.9. The predicted octanol–water partition coefficient (Wildman–Crippen LogP) is 2.53. The molecule has 1 aromatic carbocycles.